The molecule has 1 heterocycles. The van der Waals surface area contributed by atoms with Gasteiger partial charge in [-0.15, -0.1) is 0 Å². The summed E-state index contributed by atoms with van der Waals surface area (Å²) in [5, 5.41) is 13.7. The molecule has 1 aliphatic heterocycles. The molecule has 0 fully saturated rings. The van der Waals surface area contributed by atoms with Gasteiger partial charge in [0.2, 0.25) is 0 Å². The minimum absolute atomic E-state index is 0.0708. The second kappa shape index (κ2) is 7.26. The van der Waals surface area contributed by atoms with Crippen molar-refractivity contribution >= 4 is 11.6 Å². The van der Waals surface area contributed by atoms with Crippen LogP contribution in [0.2, 0.25) is 0 Å². The Morgan fingerprint density at radius 1 is 1.33 bits per heavy atom. The van der Waals surface area contributed by atoms with Gasteiger partial charge in [0.25, 0.3) is 11.6 Å². The van der Waals surface area contributed by atoms with Crippen molar-refractivity contribution in [2.75, 3.05) is 13.2 Å². The van der Waals surface area contributed by atoms with Gasteiger partial charge in [0.15, 0.2) is 11.5 Å². The van der Waals surface area contributed by atoms with E-state index < -0.39 is 4.92 Å². The monoisotopic (exact) mass is 370 g/mol. The molecule has 0 unspecified atom stereocenters. The van der Waals surface area contributed by atoms with E-state index in [9.17, 15) is 14.9 Å². The predicted octanol–water partition coefficient (Wildman–Crippen LogP) is 3.43. The van der Waals surface area contributed by atoms with Crippen LogP contribution in [-0.2, 0) is 6.42 Å². The first kappa shape index (κ1) is 18.7. The molecule has 1 aliphatic rings. The zero-order chi connectivity index (χ0) is 19.6. The van der Waals surface area contributed by atoms with E-state index >= 15 is 0 Å². The molecular weight excluding hydrogens is 348 g/mol. The number of aryl methyl sites for hydroxylation is 1. The lowest BCUT2D eigenvalue weighted by Gasteiger charge is -2.18. The average Bonchev–Trinajstić information content (AvgIpc) is 2.93. The van der Waals surface area contributed by atoms with Crippen LogP contribution in [0.5, 0.6) is 11.5 Å². The second-order valence-electron chi connectivity index (χ2n) is 7.15. The quantitative estimate of drug-likeness (QED) is 0.478. The summed E-state index contributed by atoms with van der Waals surface area (Å²) in [7, 11) is 0. The normalized spacial score (nSPS) is 14.2. The third-order valence-corrected chi connectivity index (χ3v) is 4.37. The number of ether oxygens (including phenoxy) is 2. The molecule has 0 atom stereocenters. The lowest BCUT2D eigenvalue weighted by atomic mass is 10.0. The van der Waals surface area contributed by atoms with E-state index in [0.717, 1.165) is 17.7 Å². The highest BCUT2D eigenvalue weighted by Crippen LogP contribution is 2.41. The molecule has 0 radical (unpaired) electrons. The second-order valence-corrected chi connectivity index (χ2v) is 7.15. The third kappa shape index (κ3) is 4.19. The predicted molar refractivity (Wildman–Crippen MR) is 101 cm³/mol. The fraction of sp³-hybridized carbons (Fsp3) is 0.350. The Hall–Kier alpha value is -3.09. The van der Waals surface area contributed by atoms with Crippen molar-refractivity contribution in [1.29, 1.82) is 0 Å². The molecule has 2 aromatic carbocycles. The van der Waals surface area contributed by atoms with Gasteiger partial charge in [0.05, 0.1) is 11.5 Å². The molecule has 1 amide bonds. The van der Waals surface area contributed by atoms with E-state index in [2.05, 4.69) is 5.32 Å². The third-order valence-electron chi connectivity index (χ3n) is 4.37. The largest absolute Gasteiger partial charge is 0.488 e. The van der Waals surface area contributed by atoms with Gasteiger partial charge in [-0.25, -0.2) is 0 Å². The highest BCUT2D eigenvalue weighted by Gasteiger charge is 2.32. The van der Waals surface area contributed by atoms with Crippen molar-refractivity contribution in [3.8, 4) is 11.5 Å². The maximum absolute atomic E-state index is 12.2. The molecule has 0 saturated carbocycles. The van der Waals surface area contributed by atoms with E-state index in [1.54, 1.807) is 19.1 Å². The van der Waals surface area contributed by atoms with E-state index in [1.807, 2.05) is 32.0 Å². The molecule has 7 heteroatoms. The molecule has 7 nitrogen and oxygen atoms in total. The summed E-state index contributed by atoms with van der Waals surface area (Å²) in [5.74, 6) is 1.03. The first-order valence-electron chi connectivity index (χ1n) is 8.74. The average molecular weight is 370 g/mol. The van der Waals surface area contributed by atoms with Crippen LogP contribution in [0.3, 0.4) is 0 Å². The molecule has 0 aromatic heterocycles. The van der Waals surface area contributed by atoms with E-state index in [-0.39, 0.29) is 35.9 Å². The number of carbonyl (C=O) groups excluding carboxylic acids is 1. The van der Waals surface area contributed by atoms with Gasteiger partial charge in [-0.05, 0) is 32.9 Å². The van der Waals surface area contributed by atoms with Crippen LogP contribution in [-0.4, -0.2) is 29.6 Å². The van der Waals surface area contributed by atoms with Gasteiger partial charge >= 0.3 is 0 Å². The maximum atomic E-state index is 12.2. The van der Waals surface area contributed by atoms with Crippen LogP contribution in [0, 0.1) is 17.0 Å². The number of nitrogens with zero attached hydrogens (tertiary/aromatic N) is 1. The number of nitro groups is 1. The van der Waals surface area contributed by atoms with Gasteiger partial charge < -0.3 is 14.8 Å². The Bertz CT molecular complexity index is 892. The van der Waals surface area contributed by atoms with Crippen molar-refractivity contribution in [3.05, 3.63) is 63.2 Å². The molecular formula is C20H22N2O5. The van der Waals surface area contributed by atoms with Gasteiger partial charge in [-0.3, -0.25) is 14.9 Å². The van der Waals surface area contributed by atoms with Crippen LogP contribution in [0.15, 0.2) is 36.4 Å². The topological polar surface area (TPSA) is 90.7 Å². The van der Waals surface area contributed by atoms with Crippen LogP contribution >= 0.6 is 0 Å². The van der Waals surface area contributed by atoms with Crippen LogP contribution in [0.1, 0.15) is 35.3 Å². The Morgan fingerprint density at radius 3 is 2.85 bits per heavy atom. The lowest BCUT2D eigenvalue weighted by molar-refractivity contribution is -0.385. The highest BCUT2D eigenvalue weighted by molar-refractivity contribution is 5.94. The van der Waals surface area contributed by atoms with Gasteiger partial charge in [-0.1, -0.05) is 18.2 Å². The van der Waals surface area contributed by atoms with Crippen molar-refractivity contribution in [2.45, 2.75) is 32.8 Å². The summed E-state index contributed by atoms with van der Waals surface area (Å²) in [6, 6.07) is 10.2. The summed E-state index contributed by atoms with van der Waals surface area (Å²) in [4.78, 5) is 22.7. The van der Waals surface area contributed by atoms with Crippen molar-refractivity contribution in [3.63, 3.8) is 0 Å². The van der Waals surface area contributed by atoms with E-state index in [0.29, 0.717) is 11.3 Å². The smallest absolute Gasteiger partial charge is 0.273 e. The number of para-hydroxylation sites is 1. The van der Waals surface area contributed by atoms with Crippen molar-refractivity contribution in [2.24, 2.45) is 0 Å². The Morgan fingerprint density at radius 2 is 2.11 bits per heavy atom. The summed E-state index contributed by atoms with van der Waals surface area (Å²) in [6.45, 7) is 6.22. The summed E-state index contributed by atoms with van der Waals surface area (Å²) >= 11 is 0. The maximum Gasteiger partial charge on any atom is 0.273 e. The molecule has 0 bridgehead atoms. The SMILES string of the molecule is Cc1ccc(C(=O)NCCOc2cccc3c2OC(C)(C)C3)cc1[N+](=O)[O-]. The van der Waals surface area contributed by atoms with Gasteiger partial charge in [0, 0.05) is 29.2 Å². The molecule has 0 spiro atoms. The van der Waals surface area contributed by atoms with Gasteiger partial charge in [0.1, 0.15) is 12.2 Å². The molecule has 142 valence electrons. The summed E-state index contributed by atoms with van der Waals surface area (Å²) in [6.07, 6.45) is 0.822. The fourth-order valence-electron chi connectivity index (χ4n) is 3.08. The van der Waals surface area contributed by atoms with Crippen LogP contribution < -0.4 is 14.8 Å². The van der Waals surface area contributed by atoms with Crippen LogP contribution in [0.4, 0.5) is 5.69 Å². The van der Waals surface area contributed by atoms with Gasteiger partial charge in [-0.2, -0.15) is 0 Å². The summed E-state index contributed by atoms with van der Waals surface area (Å²) in [5.41, 5.74) is 1.54. The van der Waals surface area contributed by atoms with E-state index in [1.165, 1.54) is 6.07 Å². The number of hydrogen-bond donors (Lipinski definition) is 1. The number of nitro benzene ring substituents is 1. The Balaban J connectivity index is 1.56. The number of carbonyl (C=O) groups is 1. The number of fused-ring (bicyclic) bond motifs is 1. The first-order chi connectivity index (χ1) is 12.8. The van der Waals surface area contributed by atoms with Crippen molar-refractivity contribution in [1.82, 2.24) is 5.32 Å². The number of hydrogen-bond acceptors (Lipinski definition) is 5. The number of benzene rings is 2. The zero-order valence-electron chi connectivity index (χ0n) is 15.6. The molecule has 1 N–H and O–H groups in total. The first-order valence-corrected chi connectivity index (χ1v) is 8.74. The van der Waals surface area contributed by atoms with Crippen LogP contribution in [0.25, 0.3) is 0 Å². The minimum Gasteiger partial charge on any atom is -0.488 e. The summed E-state index contributed by atoms with van der Waals surface area (Å²) < 4.78 is 11.7. The fourth-order valence-corrected chi connectivity index (χ4v) is 3.08. The Kier molecular flexibility index (Phi) is 5.03. The standard InChI is InChI=1S/C20H22N2O5/c1-13-7-8-14(11-16(13)22(24)25)19(23)21-9-10-26-17-6-4-5-15-12-20(2,3)27-18(15)17/h4-8,11H,9-10,12H2,1-3H3,(H,21,23). The number of rotatable bonds is 6. The lowest BCUT2D eigenvalue weighted by Crippen LogP contribution is -2.28. The molecule has 27 heavy (non-hydrogen) atoms. The van der Waals surface area contributed by atoms with E-state index in [4.69, 9.17) is 9.47 Å². The van der Waals surface area contributed by atoms with Crippen molar-refractivity contribution < 1.29 is 19.2 Å². The highest BCUT2D eigenvalue weighted by atomic mass is 16.6. The molecule has 0 aliphatic carbocycles. The minimum atomic E-state index is -0.493. The molecule has 2 aromatic rings. The molecule has 3 rings (SSSR count). The number of nitrogens with one attached hydrogen (secondary N) is 1. The molecule has 0 saturated heterocycles. The zero-order valence-corrected chi connectivity index (χ0v) is 15.6. The number of amides is 1. The Labute approximate surface area is 157 Å².